The third kappa shape index (κ3) is 2.42. The summed E-state index contributed by atoms with van der Waals surface area (Å²) in [7, 11) is 1.71. The first kappa shape index (κ1) is 13.5. The highest BCUT2D eigenvalue weighted by Crippen LogP contribution is 2.33. The molecule has 1 aliphatic rings. The Hall–Kier alpha value is -1.48. The minimum atomic E-state index is 0.690. The molecule has 1 atom stereocenters. The van der Waals surface area contributed by atoms with Gasteiger partial charge in [0, 0.05) is 35.9 Å². The number of alkyl halides is 1. The molecule has 1 aliphatic heterocycles. The molecular weight excluding hydrogens is 272 g/mol. The molecule has 1 unspecified atom stereocenters. The number of benzene rings is 1. The van der Waals surface area contributed by atoms with Crippen LogP contribution >= 0.6 is 11.6 Å². The largest absolute Gasteiger partial charge is 0.496 e. The van der Waals surface area contributed by atoms with Gasteiger partial charge in [-0.15, -0.1) is 11.6 Å². The average Bonchev–Trinajstić information content (AvgIpc) is 2.95. The van der Waals surface area contributed by atoms with Crippen LogP contribution in [0.1, 0.15) is 12.8 Å². The van der Waals surface area contributed by atoms with Crippen molar-refractivity contribution in [1.82, 2.24) is 4.98 Å². The molecule has 0 N–H and O–H groups in total. The summed E-state index contributed by atoms with van der Waals surface area (Å²) in [5.41, 5.74) is 0. The van der Waals surface area contributed by atoms with Gasteiger partial charge in [0.25, 0.3) is 0 Å². The van der Waals surface area contributed by atoms with Crippen molar-refractivity contribution in [2.45, 2.75) is 12.8 Å². The molecular formula is C16H19ClN2O. The van der Waals surface area contributed by atoms with E-state index in [0.717, 1.165) is 42.3 Å². The maximum atomic E-state index is 5.86. The van der Waals surface area contributed by atoms with Crippen LogP contribution in [-0.4, -0.2) is 31.1 Å². The average molecular weight is 291 g/mol. The molecule has 0 saturated carbocycles. The summed E-state index contributed by atoms with van der Waals surface area (Å²) in [6, 6.07) is 8.16. The van der Waals surface area contributed by atoms with E-state index in [2.05, 4.69) is 16.0 Å². The molecule has 0 spiro atoms. The zero-order valence-corrected chi connectivity index (χ0v) is 12.4. The highest BCUT2D eigenvalue weighted by atomic mass is 35.5. The quantitative estimate of drug-likeness (QED) is 0.803. The van der Waals surface area contributed by atoms with Crippen LogP contribution < -0.4 is 9.64 Å². The van der Waals surface area contributed by atoms with Crippen LogP contribution in [0.3, 0.4) is 0 Å². The number of halogens is 1. The van der Waals surface area contributed by atoms with Gasteiger partial charge < -0.3 is 9.64 Å². The highest BCUT2D eigenvalue weighted by Gasteiger charge is 2.24. The van der Waals surface area contributed by atoms with Crippen molar-refractivity contribution in [2.24, 2.45) is 5.92 Å². The monoisotopic (exact) mass is 290 g/mol. The molecule has 106 valence electrons. The molecule has 0 radical (unpaired) electrons. The van der Waals surface area contributed by atoms with Crippen molar-refractivity contribution >= 4 is 28.2 Å². The summed E-state index contributed by atoms with van der Waals surface area (Å²) in [6.07, 6.45) is 4.16. The van der Waals surface area contributed by atoms with Crippen LogP contribution in [0.4, 0.5) is 5.82 Å². The Labute approximate surface area is 124 Å². The van der Waals surface area contributed by atoms with Gasteiger partial charge >= 0.3 is 0 Å². The SMILES string of the molecule is COc1cccc2c(N3CCC(CCCl)C3)nccc12. The molecule has 1 saturated heterocycles. The van der Waals surface area contributed by atoms with Gasteiger partial charge in [-0.25, -0.2) is 4.98 Å². The van der Waals surface area contributed by atoms with Gasteiger partial charge in [-0.1, -0.05) is 12.1 Å². The molecule has 0 aliphatic carbocycles. The van der Waals surface area contributed by atoms with Gasteiger partial charge in [-0.3, -0.25) is 0 Å². The second-order valence-corrected chi connectivity index (χ2v) is 5.65. The lowest BCUT2D eigenvalue weighted by atomic mass is 10.1. The molecule has 4 heteroatoms. The third-order valence-electron chi connectivity index (χ3n) is 4.07. The standard InChI is InChI=1S/C16H19ClN2O/c1-20-15-4-2-3-14-13(15)6-9-18-16(14)19-10-7-12(11-19)5-8-17/h2-4,6,9,12H,5,7-8,10-11H2,1H3. The fourth-order valence-electron chi connectivity index (χ4n) is 3.01. The Morgan fingerprint density at radius 1 is 1.35 bits per heavy atom. The van der Waals surface area contributed by atoms with Crippen molar-refractivity contribution < 1.29 is 4.74 Å². The first-order valence-electron chi connectivity index (χ1n) is 7.06. The smallest absolute Gasteiger partial charge is 0.136 e. The lowest BCUT2D eigenvalue weighted by Gasteiger charge is -2.20. The van der Waals surface area contributed by atoms with Crippen LogP contribution in [0.15, 0.2) is 30.5 Å². The van der Waals surface area contributed by atoms with Gasteiger partial charge in [-0.2, -0.15) is 0 Å². The van der Waals surface area contributed by atoms with E-state index < -0.39 is 0 Å². The van der Waals surface area contributed by atoms with Crippen molar-refractivity contribution in [3.63, 3.8) is 0 Å². The molecule has 1 fully saturated rings. The molecule has 20 heavy (non-hydrogen) atoms. The summed E-state index contributed by atoms with van der Waals surface area (Å²) in [5.74, 6) is 3.41. The topological polar surface area (TPSA) is 25.4 Å². The number of pyridine rings is 1. The molecule has 2 aromatic rings. The van der Waals surface area contributed by atoms with Gasteiger partial charge in [0.15, 0.2) is 0 Å². The number of fused-ring (bicyclic) bond motifs is 1. The molecule has 3 rings (SSSR count). The predicted octanol–water partition coefficient (Wildman–Crippen LogP) is 3.70. The molecule has 3 nitrogen and oxygen atoms in total. The number of methoxy groups -OCH3 is 1. The number of rotatable bonds is 4. The minimum Gasteiger partial charge on any atom is -0.496 e. The maximum Gasteiger partial charge on any atom is 0.136 e. The van der Waals surface area contributed by atoms with Crippen LogP contribution in [0, 0.1) is 5.92 Å². The fourth-order valence-corrected chi connectivity index (χ4v) is 3.32. The Morgan fingerprint density at radius 2 is 2.25 bits per heavy atom. The zero-order valence-electron chi connectivity index (χ0n) is 11.7. The van der Waals surface area contributed by atoms with Crippen molar-refractivity contribution in [3.8, 4) is 5.75 Å². The van der Waals surface area contributed by atoms with Gasteiger partial charge in [-0.05, 0) is 30.9 Å². The van der Waals surface area contributed by atoms with E-state index in [1.165, 1.54) is 11.8 Å². The molecule has 2 heterocycles. The number of nitrogens with zero attached hydrogens (tertiary/aromatic N) is 2. The Morgan fingerprint density at radius 3 is 3.05 bits per heavy atom. The maximum absolute atomic E-state index is 5.86. The van der Waals surface area contributed by atoms with Crippen molar-refractivity contribution in [2.75, 3.05) is 31.0 Å². The number of aromatic nitrogens is 1. The summed E-state index contributed by atoms with van der Waals surface area (Å²) < 4.78 is 5.44. The Bertz CT molecular complexity index is 602. The Kier molecular flexibility index (Phi) is 3.97. The highest BCUT2D eigenvalue weighted by molar-refractivity contribution is 6.17. The second-order valence-electron chi connectivity index (χ2n) is 5.27. The molecule has 1 aromatic carbocycles. The number of hydrogen-bond acceptors (Lipinski definition) is 3. The van der Waals surface area contributed by atoms with Gasteiger partial charge in [0.1, 0.15) is 11.6 Å². The van der Waals surface area contributed by atoms with Crippen LogP contribution in [0.2, 0.25) is 0 Å². The normalized spacial score (nSPS) is 18.7. The van der Waals surface area contributed by atoms with Crippen LogP contribution in [-0.2, 0) is 0 Å². The van der Waals surface area contributed by atoms with E-state index in [9.17, 15) is 0 Å². The van der Waals surface area contributed by atoms with Crippen molar-refractivity contribution in [3.05, 3.63) is 30.5 Å². The van der Waals surface area contributed by atoms with Crippen LogP contribution in [0.5, 0.6) is 5.75 Å². The van der Waals surface area contributed by atoms with Gasteiger partial charge in [0.05, 0.1) is 7.11 Å². The van der Waals surface area contributed by atoms with E-state index in [1.807, 2.05) is 24.4 Å². The Balaban J connectivity index is 1.96. The van der Waals surface area contributed by atoms with E-state index >= 15 is 0 Å². The predicted molar refractivity (Wildman–Crippen MR) is 84.0 cm³/mol. The first-order valence-corrected chi connectivity index (χ1v) is 7.59. The molecule has 1 aromatic heterocycles. The summed E-state index contributed by atoms with van der Waals surface area (Å²) >= 11 is 5.86. The number of hydrogen-bond donors (Lipinski definition) is 0. The van der Waals surface area contributed by atoms with E-state index in [0.29, 0.717) is 5.92 Å². The van der Waals surface area contributed by atoms with E-state index in [4.69, 9.17) is 16.3 Å². The van der Waals surface area contributed by atoms with E-state index in [1.54, 1.807) is 7.11 Å². The third-order valence-corrected chi connectivity index (χ3v) is 4.29. The summed E-state index contributed by atoms with van der Waals surface area (Å²) in [6.45, 7) is 2.11. The minimum absolute atomic E-state index is 0.690. The molecule has 0 bridgehead atoms. The molecule has 0 amide bonds. The van der Waals surface area contributed by atoms with Gasteiger partial charge in [0.2, 0.25) is 0 Å². The lowest BCUT2D eigenvalue weighted by Crippen LogP contribution is -2.21. The second kappa shape index (κ2) is 5.88. The van der Waals surface area contributed by atoms with Crippen molar-refractivity contribution in [1.29, 1.82) is 0 Å². The first-order chi connectivity index (χ1) is 9.83. The lowest BCUT2D eigenvalue weighted by molar-refractivity contribution is 0.420. The fraction of sp³-hybridized carbons (Fsp3) is 0.438. The number of anilines is 1. The van der Waals surface area contributed by atoms with E-state index in [-0.39, 0.29) is 0 Å². The summed E-state index contributed by atoms with van der Waals surface area (Å²) in [5, 5.41) is 2.29. The van der Waals surface area contributed by atoms with Crippen LogP contribution in [0.25, 0.3) is 10.8 Å². The number of ether oxygens (including phenoxy) is 1. The summed E-state index contributed by atoms with van der Waals surface area (Å²) in [4.78, 5) is 6.97. The zero-order chi connectivity index (χ0) is 13.9.